The first-order chi connectivity index (χ1) is 11.6. The van der Waals surface area contributed by atoms with E-state index in [9.17, 15) is 8.42 Å². The van der Waals surface area contributed by atoms with Crippen molar-refractivity contribution in [3.8, 4) is 0 Å². The average molecular weight is 351 g/mol. The molecule has 2 saturated heterocycles. The maximum absolute atomic E-state index is 11.9. The number of sulfonamides is 1. The van der Waals surface area contributed by atoms with Crippen molar-refractivity contribution in [3.05, 3.63) is 35.4 Å². The van der Waals surface area contributed by atoms with Gasteiger partial charge in [0.25, 0.3) is 0 Å². The fraction of sp³-hybridized carbons (Fsp3) is 0.684. The van der Waals surface area contributed by atoms with E-state index in [4.69, 9.17) is 0 Å². The topological polar surface area (TPSA) is 40.6 Å². The zero-order valence-corrected chi connectivity index (χ0v) is 15.6. The Balaban J connectivity index is 1.48. The van der Waals surface area contributed by atoms with Gasteiger partial charge in [-0.05, 0) is 69.2 Å². The van der Waals surface area contributed by atoms with Crippen molar-refractivity contribution in [1.29, 1.82) is 0 Å². The second-order valence-corrected chi connectivity index (χ2v) is 9.50. The van der Waals surface area contributed by atoms with Gasteiger partial charge in [0.05, 0.1) is 5.75 Å². The second kappa shape index (κ2) is 7.98. The Morgan fingerprint density at radius 2 is 1.54 bits per heavy atom. The molecule has 2 heterocycles. The van der Waals surface area contributed by atoms with Crippen LogP contribution in [0.4, 0.5) is 0 Å². The van der Waals surface area contributed by atoms with Gasteiger partial charge >= 0.3 is 0 Å². The Morgan fingerprint density at radius 3 is 2.12 bits per heavy atom. The number of hydrogen-bond acceptors (Lipinski definition) is 3. The smallest absolute Gasteiger partial charge is 0.213 e. The van der Waals surface area contributed by atoms with E-state index in [1.807, 2.05) is 0 Å². The van der Waals surface area contributed by atoms with Crippen LogP contribution in [0.15, 0.2) is 24.3 Å². The molecule has 0 saturated carbocycles. The van der Waals surface area contributed by atoms with Crippen molar-refractivity contribution in [3.63, 3.8) is 0 Å². The maximum atomic E-state index is 11.9. The van der Waals surface area contributed by atoms with Crippen LogP contribution in [0.1, 0.15) is 43.7 Å². The van der Waals surface area contributed by atoms with Crippen molar-refractivity contribution >= 4 is 10.0 Å². The Hall–Kier alpha value is -0.910. The molecule has 5 heteroatoms. The third kappa shape index (κ3) is 4.58. The number of benzene rings is 1. The van der Waals surface area contributed by atoms with E-state index in [1.165, 1.54) is 37.1 Å². The minimum atomic E-state index is -3.01. The summed E-state index contributed by atoms with van der Waals surface area (Å²) in [6.45, 7) is 6.66. The van der Waals surface area contributed by atoms with Gasteiger partial charge in [-0.25, -0.2) is 12.7 Å². The van der Waals surface area contributed by atoms with Crippen LogP contribution in [0.25, 0.3) is 0 Å². The van der Waals surface area contributed by atoms with E-state index in [2.05, 4.69) is 29.2 Å². The van der Waals surface area contributed by atoms with Crippen molar-refractivity contribution in [2.45, 2.75) is 45.6 Å². The minimum Gasteiger partial charge on any atom is -0.299 e. The summed E-state index contributed by atoms with van der Waals surface area (Å²) >= 11 is 0. The third-order valence-corrected chi connectivity index (χ3v) is 7.37. The normalized spacial score (nSPS) is 21.4. The van der Waals surface area contributed by atoms with Gasteiger partial charge in [0.2, 0.25) is 10.0 Å². The Labute approximate surface area is 146 Å². The Kier molecular flexibility index (Phi) is 5.95. The molecule has 0 N–H and O–H groups in total. The SMILES string of the molecule is CCS(=O)(=O)N1CCC(Cc2ccc(CN3CCCC3)cc2)CC1. The molecule has 0 unspecified atom stereocenters. The molecule has 134 valence electrons. The molecule has 0 spiro atoms. The summed E-state index contributed by atoms with van der Waals surface area (Å²) in [5.41, 5.74) is 2.79. The van der Waals surface area contributed by atoms with Crippen LogP contribution < -0.4 is 0 Å². The van der Waals surface area contributed by atoms with E-state index in [0.29, 0.717) is 19.0 Å². The molecule has 1 aromatic rings. The summed E-state index contributed by atoms with van der Waals surface area (Å²) in [6, 6.07) is 9.07. The molecule has 3 rings (SSSR count). The van der Waals surface area contributed by atoms with Crippen LogP contribution in [0, 0.1) is 5.92 Å². The molecule has 0 radical (unpaired) electrons. The zero-order valence-electron chi connectivity index (χ0n) is 14.8. The van der Waals surface area contributed by atoms with Crippen LogP contribution >= 0.6 is 0 Å². The lowest BCUT2D eigenvalue weighted by atomic mass is 9.91. The van der Waals surface area contributed by atoms with Crippen LogP contribution in [-0.4, -0.2) is 49.6 Å². The predicted octanol–water partition coefficient (Wildman–Crippen LogP) is 2.89. The Morgan fingerprint density at radius 1 is 0.958 bits per heavy atom. The monoisotopic (exact) mass is 350 g/mol. The lowest BCUT2D eigenvalue weighted by molar-refractivity contribution is 0.273. The van der Waals surface area contributed by atoms with Gasteiger partial charge in [0.15, 0.2) is 0 Å². The van der Waals surface area contributed by atoms with Gasteiger partial charge in [-0.2, -0.15) is 0 Å². The molecule has 0 aromatic heterocycles. The van der Waals surface area contributed by atoms with Gasteiger partial charge in [0.1, 0.15) is 0 Å². The predicted molar refractivity (Wildman–Crippen MR) is 98.4 cm³/mol. The summed E-state index contributed by atoms with van der Waals surface area (Å²) < 4.78 is 25.5. The first kappa shape index (κ1) is 17.9. The molecule has 0 amide bonds. The molecule has 0 aliphatic carbocycles. The highest BCUT2D eigenvalue weighted by Crippen LogP contribution is 2.24. The largest absolute Gasteiger partial charge is 0.299 e. The molecule has 1 aromatic carbocycles. The summed E-state index contributed by atoms with van der Waals surface area (Å²) in [4.78, 5) is 2.53. The molecule has 24 heavy (non-hydrogen) atoms. The van der Waals surface area contributed by atoms with Crippen LogP contribution in [0.2, 0.25) is 0 Å². The van der Waals surface area contributed by atoms with Crippen molar-refractivity contribution in [2.24, 2.45) is 5.92 Å². The van der Waals surface area contributed by atoms with E-state index in [-0.39, 0.29) is 5.75 Å². The van der Waals surface area contributed by atoms with E-state index in [0.717, 1.165) is 25.8 Å². The third-order valence-electron chi connectivity index (χ3n) is 5.48. The fourth-order valence-electron chi connectivity index (χ4n) is 3.89. The zero-order chi connectivity index (χ0) is 17.0. The highest BCUT2D eigenvalue weighted by atomic mass is 32.2. The van der Waals surface area contributed by atoms with Crippen LogP contribution in [0.3, 0.4) is 0 Å². The summed E-state index contributed by atoms with van der Waals surface area (Å²) in [5, 5.41) is 0. The minimum absolute atomic E-state index is 0.218. The van der Waals surface area contributed by atoms with Crippen molar-refractivity contribution in [2.75, 3.05) is 31.9 Å². The van der Waals surface area contributed by atoms with Crippen molar-refractivity contribution < 1.29 is 8.42 Å². The quantitative estimate of drug-likeness (QED) is 0.792. The molecule has 0 atom stereocenters. The van der Waals surface area contributed by atoms with Crippen LogP contribution in [-0.2, 0) is 23.0 Å². The number of nitrogens with zero attached hydrogens (tertiary/aromatic N) is 2. The molecule has 2 aliphatic rings. The van der Waals surface area contributed by atoms with Gasteiger partial charge in [-0.1, -0.05) is 24.3 Å². The maximum Gasteiger partial charge on any atom is 0.213 e. The summed E-state index contributed by atoms with van der Waals surface area (Å²) in [5.74, 6) is 0.827. The number of hydrogen-bond donors (Lipinski definition) is 0. The highest BCUT2D eigenvalue weighted by molar-refractivity contribution is 7.89. The molecular formula is C19H30N2O2S. The van der Waals surface area contributed by atoms with Gasteiger partial charge in [-0.3, -0.25) is 4.90 Å². The molecule has 2 fully saturated rings. The van der Waals surface area contributed by atoms with Gasteiger partial charge < -0.3 is 0 Å². The lowest BCUT2D eigenvalue weighted by Crippen LogP contribution is -2.39. The number of rotatable bonds is 6. The summed E-state index contributed by atoms with van der Waals surface area (Å²) in [7, 11) is -3.01. The standard InChI is InChI=1S/C19H30N2O2S/c1-2-24(22,23)21-13-9-18(10-14-21)15-17-5-7-19(8-6-17)16-20-11-3-4-12-20/h5-8,18H,2-4,9-16H2,1H3. The van der Waals surface area contributed by atoms with E-state index >= 15 is 0 Å². The molecule has 4 nitrogen and oxygen atoms in total. The van der Waals surface area contributed by atoms with Crippen LogP contribution in [0.5, 0.6) is 0 Å². The number of piperidine rings is 1. The second-order valence-electron chi connectivity index (χ2n) is 7.25. The highest BCUT2D eigenvalue weighted by Gasteiger charge is 2.26. The first-order valence-corrected chi connectivity index (χ1v) is 11.0. The number of likely N-dealkylation sites (tertiary alicyclic amines) is 1. The lowest BCUT2D eigenvalue weighted by Gasteiger charge is -2.31. The van der Waals surface area contributed by atoms with E-state index < -0.39 is 10.0 Å². The van der Waals surface area contributed by atoms with E-state index in [1.54, 1.807) is 11.2 Å². The average Bonchev–Trinajstić information content (AvgIpc) is 3.10. The molecule has 0 bridgehead atoms. The first-order valence-electron chi connectivity index (χ1n) is 9.35. The summed E-state index contributed by atoms with van der Waals surface area (Å²) in [6.07, 6.45) is 5.71. The molecular weight excluding hydrogens is 320 g/mol. The fourth-order valence-corrected chi connectivity index (χ4v) is 5.02. The van der Waals surface area contributed by atoms with Gasteiger partial charge in [-0.15, -0.1) is 0 Å². The Bertz CT molecular complexity index is 613. The molecule has 2 aliphatic heterocycles. The van der Waals surface area contributed by atoms with Gasteiger partial charge in [0, 0.05) is 19.6 Å². The van der Waals surface area contributed by atoms with Crippen molar-refractivity contribution in [1.82, 2.24) is 9.21 Å².